The first-order valence-electron chi connectivity index (χ1n) is 7.74. The number of ether oxygens (including phenoxy) is 2. The van der Waals surface area contributed by atoms with E-state index in [-0.39, 0.29) is 6.54 Å². The minimum absolute atomic E-state index is 0.302. The van der Waals surface area contributed by atoms with Gasteiger partial charge in [0.15, 0.2) is 5.96 Å². The van der Waals surface area contributed by atoms with Crippen LogP contribution in [0.15, 0.2) is 29.3 Å². The smallest absolute Gasteiger partial charge is 0.390 e. The largest absolute Gasteiger partial charge is 0.497 e. The summed E-state index contributed by atoms with van der Waals surface area (Å²) >= 11 is 0. The van der Waals surface area contributed by atoms with Crippen molar-refractivity contribution in [1.29, 1.82) is 0 Å². The Morgan fingerprint density at radius 1 is 1.25 bits per heavy atom. The monoisotopic (exact) mass is 347 g/mol. The summed E-state index contributed by atoms with van der Waals surface area (Å²) in [5, 5.41) is 5.83. The van der Waals surface area contributed by atoms with Crippen LogP contribution in [0.5, 0.6) is 5.75 Å². The van der Waals surface area contributed by atoms with E-state index in [0.717, 1.165) is 11.3 Å². The van der Waals surface area contributed by atoms with Crippen molar-refractivity contribution in [2.24, 2.45) is 4.99 Å². The van der Waals surface area contributed by atoms with E-state index in [0.29, 0.717) is 32.3 Å². The van der Waals surface area contributed by atoms with E-state index in [4.69, 9.17) is 9.47 Å². The molecule has 0 aliphatic rings. The molecule has 24 heavy (non-hydrogen) atoms. The van der Waals surface area contributed by atoms with Gasteiger partial charge in [-0.2, -0.15) is 13.2 Å². The first kappa shape index (κ1) is 20.1. The Balaban J connectivity index is 2.28. The van der Waals surface area contributed by atoms with Crippen LogP contribution in [0.25, 0.3) is 0 Å². The molecule has 0 bridgehead atoms. The molecule has 136 valence electrons. The van der Waals surface area contributed by atoms with Crippen molar-refractivity contribution in [2.75, 3.05) is 33.4 Å². The number of nitrogens with one attached hydrogen (secondary N) is 2. The van der Waals surface area contributed by atoms with Crippen molar-refractivity contribution in [3.8, 4) is 5.75 Å². The summed E-state index contributed by atoms with van der Waals surface area (Å²) in [5.74, 6) is 1.12. The van der Waals surface area contributed by atoms with E-state index in [2.05, 4.69) is 15.6 Å². The number of halogens is 3. The quantitative estimate of drug-likeness (QED) is 0.410. The second-order valence-electron chi connectivity index (χ2n) is 4.96. The zero-order valence-electron chi connectivity index (χ0n) is 13.9. The topological polar surface area (TPSA) is 54.9 Å². The highest BCUT2D eigenvalue weighted by molar-refractivity contribution is 5.79. The van der Waals surface area contributed by atoms with Gasteiger partial charge < -0.3 is 20.1 Å². The Bertz CT molecular complexity index is 508. The molecule has 0 amide bonds. The van der Waals surface area contributed by atoms with E-state index >= 15 is 0 Å². The molecule has 0 unspecified atom stereocenters. The SMILES string of the molecule is CCNC(=NCCC(F)(F)F)NCCOCc1cccc(OC)c1. The molecule has 0 radical (unpaired) electrons. The van der Waals surface area contributed by atoms with Crippen LogP contribution in [-0.2, 0) is 11.3 Å². The summed E-state index contributed by atoms with van der Waals surface area (Å²) in [6, 6.07) is 7.55. The first-order chi connectivity index (χ1) is 11.4. The number of hydrogen-bond donors (Lipinski definition) is 2. The minimum Gasteiger partial charge on any atom is -0.497 e. The lowest BCUT2D eigenvalue weighted by atomic mass is 10.2. The van der Waals surface area contributed by atoms with Crippen LogP contribution in [-0.4, -0.2) is 45.5 Å². The van der Waals surface area contributed by atoms with Crippen molar-refractivity contribution in [1.82, 2.24) is 10.6 Å². The summed E-state index contributed by atoms with van der Waals surface area (Å²) in [5.41, 5.74) is 0.986. The molecule has 0 aliphatic heterocycles. The van der Waals surface area contributed by atoms with Gasteiger partial charge in [-0.15, -0.1) is 0 Å². The Morgan fingerprint density at radius 2 is 2.04 bits per heavy atom. The molecule has 0 aromatic heterocycles. The Morgan fingerprint density at radius 3 is 2.71 bits per heavy atom. The first-order valence-corrected chi connectivity index (χ1v) is 7.74. The van der Waals surface area contributed by atoms with Crippen LogP contribution in [0.3, 0.4) is 0 Å². The van der Waals surface area contributed by atoms with Gasteiger partial charge in [-0.3, -0.25) is 4.99 Å². The van der Waals surface area contributed by atoms with Gasteiger partial charge in [0.05, 0.1) is 33.3 Å². The van der Waals surface area contributed by atoms with Crippen LogP contribution in [0, 0.1) is 0 Å². The highest BCUT2D eigenvalue weighted by atomic mass is 19.4. The average molecular weight is 347 g/mol. The summed E-state index contributed by atoms with van der Waals surface area (Å²) in [6.07, 6.45) is -5.13. The number of aliphatic imine (C=N–C) groups is 1. The molecule has 0 atom stereocenters. The lowest BCUT2D eigenvalue weighted by Gasteiger charge is -2.12. The number of alkyl halides is 3. The van der Waals surface area contributed by atoms with E-state index in [9.17, 15) is 13.2 Å². The van der Waals surface area contributed by atoms with Gasteiger partial charge in [-0.25, -0.2) is 0 Å². The highest BCUT2D eigenvalue weighted by Crippen LogP contribution is 2.18. The fourth-order valence-electron chi connectivity index (χ4n) is 1.83. The minimum atomic E-state index is -4.19. The number of nitrogens with zero attached hydrogens (tertiary/aromatic N) is 1. The Hall–Kier alpha value is -1.96. The van der Waals surface area contributed by atoms with Crippen LogP contribution in [0.1, 0.15) is 18.9 Å². The summed E-state index contributed by atoms with van der Waals surface area (Å²) in [6.45, 7) is 3.40. The lowest BCUT2D eigenvalue weighted by molar-refractivity contribution is -0.132. The molecule has 2 N–H and O–H groups in total. The Labute approximate surface area is 140 Å². The molecular formula is C16H24F3N3O2. The van der Waals surface area contributed by atoms with E-state index in [1.165, 1.54) is 0 Å². The maximum atomic E-state index is 12.1. The fourth-order valence-corrected chi connectivity index (χ4v) is 1.83. The van der Waals surface area contributed by atoms with Gasteiger partial charge in [-0.1, -0.05) is 12.1 Å². The molecule has 1 rings (SSSR count). The van der Waals surface area contributed by atoms with Crippen LogP contribution in [0.2, 0.25) is 0 Å². The molecule has 0 spiro atoms. The molecule has 1 aromatic carbocycles. The number of rotatable bonds is 9. The average Bonchev–Trinajstić information content (AvgIpc) is 2.53. The molecule has 5 nitrogen and oxygen atoms in total. The van der Waals surface area contributed by atoms with Crippen LogP contribution < -0.4 is 15.4 Å². The predicted octanol–water partition coefficient (Wildman–Crippen LogP) is 2.72. The molecule has 0 heterocycles. The van der Waals surface area contributed by atoms with Gasteiger partial charge in [0, 0.05) is 13.1 Å². The third kappa shape index (κ3) is 9.24. The number of hydrogen-bond acceptors (Lipinski definition) is 3. The van der Waals surface area contributed by atoms with E-state index in [1.54, 1.807) is 7.11 Å². The van der Waals surface area contributed by atoms with E-state index < -0.39 is 12.6 Å². The predicted molar refractivity (Wildman–Crippen MR) is 87.3 cm³/mol. The van der Waals surface area contributed by atoms with Crippen molar-refractivity contribution < 1.29 is 22.6 Å². The second kappa shape index (κ2) is 10.7. The van der Waals surface area contributed by atoms with Crippen molar-refractivity contribution in [2.45, 2.75) is 26.1 Å². The van der Waals surface area contributed by atoms with Crippen LogP contribution >= 0.6 is 0 Å². The van der Waals surface area contributed by atoms with E-state index in [1.807, 2.05) is 31.2 Å². The van der Waals surface area contributed by atoms with Gasteiger partial charge in [0.2, 0.25) is 0 Å². The third-order valence-electron chi connectivity index (χ3n) is 2.95. The summed E-state index contributed by atoms with van der Waals surface area (Å²) < 4.78 is 47.0. The maximum absolute atomic E-state index is 12.1. The lowest BCUT2D eigenvalue weighted by Crippen LogP contribution is -2.39. The zero-order chi connectivity index (χ0) is 17.8. The van der Waals surface area contributed by atoms with Crippen molar-refractivity contribution in [3.63, 3.8) is 0 Å². The van der Waals surface area contributed by atoms with Gasteiger partial charge in [0.25, 0.3) is 0 Å². The van der Waals surface area contributed by atoms with Gasteiger partial charge >= 0.3 is 6.18 Å². The zero-order valence-corrected chi connectivity index (χ0v) is 13.9. The maximum Gasteiger partial charge on any atom is 0.390 e. The number of benzene rings is 1. The molecule has 8 heteroatoms. The molecule has 0 saturated carbocycles. The fraction of sp³-hybridized carbons (Fsp3) is 0.562. The Kier molecular flexibility index (Phi) is 8.99. The molecular weight excluding hydrogens is 323 g/mol. The second-order valence-corrected chi connectivity index (χ2v) is 4.96. The summed E-state index contributed by atoms with van der Waals surface area (Å²) in [4.78, 5) is 3.88. The van der Waals surface area contributed by atoms with Gasteiger partial charge in [0.1, 0.15) is 5.75 Å². The number of methoxy groups -OCH3 is 1. The normalized spacial score (nSPS) is 12.1. The van der Waals surface area contributed by atoms with Gasteiger partial charge in [-0.05, 0) is 24.6 Å². The summed E-state index contributed by atoms with van der Waals surface area (Å²) in [7, 11) is 1.60. The third-order valence-corrected chi connectivity index (χ3v) is 2.95. The van der Waals surface area contributed by atoms with Crippen molar-refractivity contribution in [3.05, 3.63) is 29.8 Å². The molecule has 0 saturated heterocycles. The standard InChI is InChI=1S/C16H24F3N3O2/c1-3-20-15(21-8-7-16(17,18)19)22-9-10-24-12-13-5-4-6-14(11-13)23-2/h4-6,11H,3,7-10,12H2,1-2H3,(H2,20,21,22). The highest BCUT2D eigenvalue weighted by Gasteiger charge is 2.26. The molecule has 0 fully saturated rings. The molecule has 1 aromatic rings. The molecule has 0 aliphatic carbocycles. The number of guanidine groups is 1. The van der Waals surface area contributed by atoms with Crippen molar-refractivity contribution >= 4 is 5.96 Å². The van der Waals surface area contributed by atoms with Crippen LogP contribution in [0.4, 0.5) is 13.2 Å².